The molecule has 0 saturated carbocycles. The predicted molar refractivity (Wildman–Crippen MR) is 132 cm³/mol. The van der Waals surface area contributed by atoms with Gasteiger partial charge in [-0.1, -0.05) is 29.3 Å². The zero-order valence-electron chi connectivity index (χ0n) is 17.8. The SMILES string of the molecule is COc1cc(C2C3CSc4ccc(F)cc4C3=NN2C(=O)Nc2ccc(Cl)c(Cl)c2)ccc1O. The Hall–Kier alpha value is -2.94. The van der Waals surface area contributed by atoms with Crippen molar-refractivity contribution in [2.24, 2.45) is 11.0 Å². The molecule has 0 aromatic heterocycles. The van der Waals surface area contributed by atoms with Gasteiger partial charge in [0, 0.05) is 27.8 Å². The first kappa shape index (κ1) is 22.8. The van der Waals surface area contributed by atoms with Gasteiger partial charge in [0.05, 0.1) is 28.9 Å². The normalized spacial score (nSPS) is 18.7. The lowest BCUT2D eigenvalue weighted by molar-refractivity contribution is 0.192. The number of urea groups is 1. The van der Waals surface area contributed by atoms with Crippen molar-refractivity contribution in [2.45, 2.75) is 10.9 Å². The van der Waals surface area contributed by atoms with E-state index in [-0.39, 0.29) is 23.2 Å². The number of ether oxygens (including phenoxy) is 1. The molecule has 174 valence electrons. The van der Waals surface area contributed by atoms with Crippen LogP contribution < -0.4 is 10.1 Å². The van der Waals surface area contributed by atoms with Gasteiger partial charge in [0.25, 0.3) is 0 Å². The molecule has 0 radical (unpaired) electrons. The Kier molecular flexibility index (Phi) is 6.06. The van der Waals surface area contributed by atoms with Crippen molar-refractivity contribution in [2.75, 3.05) is 18.2 Å². The minimum Gasteiger partial charge on any atom is -0.504 e. The number of rotatable bonds is 3. The van der Waals surface area contributed by atoms with E-state index in [2.05, 4.69) is 10.4 Å². The molecule has 2 atom stereocenters. The number of nitrogens with one attached hydrogen (secondary N) is 1. The fourth-order valence-electron chi connectivity index (χ4n) is 4.18. The number of nitrogens with zero attached hydrogens (tertiary/aromatic N) is 2. The number of carbonyl (C=O) groups excluding carboxylic acids is 1. The molecule has 2 aliphatic rings. The lowest BCUT2D eigenvalue weighted by Crippen LogP contribution is -2.35. The van der Waals surface area contributed by atoms with E-state index in [0.717, 1.165) is 10.5 Å². The third-order valence-electron chi connectivity index (χ3n) is 5.77. The molecule has 3 aromatic carbocycles. The summed E-state index contributed by atoms with van der Waals surface area (Å²) < 4.78 is 19.4. The first-order valence-corrected chi connectivity index (χ1v) is 12.0. The summed E-state index contributed by atoms with van der Waals surface area (Å²) in [5.74, 6) is 0.340. The number of aromatic hydroxyl groups is 1. The van der Waals surface area contributed by atoms with E-state index in [1.54, 1.807) is 48.2 Å². The summed E-state index contributed by atoms with van der Waals surface area (Å²) in [5, 5.41) is 19.6. The number of hydrazone groups is 1. The van der Waals surface area contributed by atoms with Gasteiger partial charge in [0.1, 0.15) is 5.82 Å². The summed E-state index contributed by atoms with van der Waals surface area (Å²) in [6.07, 6.45) is 0. The number of carbonyl (C=O) groups is 1. The number of halogens is 3. The van der Waals surface area contributed by atoms with E-state index in [1.807, 2.05) is 0 Å². The highest BCUT2D eigenvalue weighted by Crippen LogP contribution is 2.47. The Labute approximate surface area is 209 Å². The highest BCUT2D eigenvalue weighted by atomic mass is 35.5. The molecule has 6 nitrogen and oxygen atoms in total. The molecule has 2 heterocycles. The van der Waals surface area contributed by atoms with E-state index >= 15 is 0 Å². The Morgan fingerprint density at radius 3 is 2.76 bits per heavy atom. The number of methoxy groups -OCH3 is 1. The molecule has 34 heavy (non-hydrogen) atoms. The highest BCUT2D eigenvalue weighted by Gasteiger charge is 2.44. The van der Waals surface area contributed by atoms with Crippen LogP contribution in [0.2, 0.25) is 10.0 Å². The van der Waals surface area contributed by atoms with Gasteiger partial charge >= 0.3 is 6.03 Å². The lowest BCUT2D eigenvalue weighted by atomic mass is 9.88. The number of anilines is 1. The van der Waals surface area contributed by atoms with Gasteiger partial charge < -0.3 is 15.2 Å². The average Bonchev–Trinajstić information content (AvgIpc) is 3.22. The Balaban J connectivity index is 1.57. The van der Waals surface area contributed by atoms with E-state index in [9.17, 15) is 14.3 Å². The van der Waals surface area contributed by atoms with Crippen molar-refractivity contribution in [1.29, 1.82) is 0 Å². The van der Waals surface area contributed by atoms with Crippen molar-refractivity contribution in [3.63, 3.8) is 0 Å². The number of amides is 2. The molecule has 0 aliphatic carbocycles. The van der Waals surface area contributed by atoms with Crippen LogP contribution in [-0.2, 0) is 0 Å². The van der Waals surface area contributed by atoms with E-state index in [1.165, 1.54) is 30.3 Å². The third-order valence-corrected chi connectivity index (χ3v) is 7.70. The highest BCUT2D eigenvalue weighted by molar-refractivity contribution is 7.99. The largest absolute Gasteiger partial charge is 0.504 e. The quantitative estimate of drug-likeness (QED) is 0.412. The van der Waals surface area contributed by atoms with Crippen LogP contribution in [0.4, 0.5) is 14.9 Å². The van der Waals surface area contributed by atoms with Crippen molar-refractivity contribution in [3.05, 3.63) is 81.6 Å². The first-order chi connectivity index (χ1) is 16.4. The fraction of sp³-hybridized carbons (Fsp3) is 0.167. The van der Waals surface area contributed by atoms with Crippen LogP contribution in [0.3, 0.4) is 0 Å². The standard InChI is InChI=1S/C24H18Cl2FN3O3S/c1-33-20-8-12(2-6-19(20)31)23-16-11-34-21-7-3-13(27)9-15(21)22(16)29-30(23)24(32)28-14-4-5-17(25)18(26)10-14/h2-10,16,23,31H,11H2,1H3,(H,28,32). The third kappa shape index (κ3) is 4.06. The summed E-state index contributed by atoms with van der Waals surface area (Å²) in [6.45, 7) is 0. The number of phenols is 1. The average molecular weight is 518 g/mol. The second kappa shape index (κ2) is 9.02. The van der Waals surface area contributed by atoms with Crippen LogP contribution in [-0.4, -0.2) is 34.7 Å². The smallest absolute Gasteiger partial charge is 0.342 e. The molecule has 0 saturated heterocycles. The van der Waals surface area contributed by atoms with Gasteiger partial charge in [-0.3, -0.25) is 0 Å². The van der Waals surface area contributed by atoms with Crippen LogP contribution in [0, 0.1) is 11.7 Å². The molecule has 2 unspecified atom stereocenters. The topological polar surface area (TPSA) is 74.2 Å². The predicted octanol–water partition coefficient (Wildman–Crippen LogP) is 6.56. The summed E-state index contributed by atoms with van der Waals surface area (Å²) in [4.78, 5) is 14.3. The molecule has 2 amide bonds. The van der Waals surface area contributed by atoms with Gasteiger partial charge in [-0.15, -0.1) is 11.8 Å². The fourth-order valence-corrected chi connectivity index (χ4v) is 5.66. The molecule has 0 fully saturated rings. The molecular formula is C24H18Cl2FN3O3S. The number of thioether (sulfide) groups is 1. The molecule has 2 N–H and O–H groups in total. The Bertz CT molecular complexity index is 1340. The zero-order valence-corrected chi connectivity index (χ0v) is 20.1. The van der Waals surface area contributed by atoms with Crippen molar-refractivity contribution >= 4 is 52.4 Å². The van der Waals surface area contributed by atoms with Gasteiger partial charge in [0.2, 0.25) is 0 Å². The Morgan fingerprint density at radius 1 is 1.18 bits per heavy atom. The van der Waals surface area contributed by atoms with E-state index in [0.29, 0.717) is 32.8 Å². The minimum atomic E-state index is -0.504. The maximum absolute atomic E-state index is 14.1. The van der Waals surface area contributed by atoms with E-state index in [4.69, 9.17) is 27.9 Å². The minimum absolute atomic E-state index is 0.0115. The molecule has 3 aromatic rings. The molecular weight excluding hydrogens is 500 g/mol. The second-order valence-corrected chi connectivity index (χ2v) is 9.70. The maximum atomic E-state index is 14.1. The zero-order chi connectivity index (χ0) is 24.0. The summed E-state index contributed by atoms with van der Waals surface area (Å²) in [6, 6.07) is 13.3. The number of fused-ring (bicyclic) bond motifs is 3. The van der Waals surface area contributed by atoms with E-state index < -0.39 is 12.1 Å². The maximum Gasteiger partial charge on any atom is 0.342 e. The number of hydrogen-bond acceptors (Lipinski definition) is 5. The number of hydrogen-bond donors (Lipinski definition) is 2. The number of benzene rings is 3. The monoisotopic (exact) mass is 517 g/mol. The van der Waals surface area contributed by atoms with Gasteiger partial charge in [-0.25, -0.2) is 14.2 Å². The van der Waals surface area contributed by atoms with Crippen LogP contribution in [0.5, 0.6) is 11.5 Å². The van der Waals surface area contributed by atoms with Gasteiger partial charge in [-0.05, 0) is 54.1 Å². The first-order valence-electron chi connectivity index (χ1n) is 10.3. The molecule has 2 aliphatic heterocycles. The van der Waals surface area contributed by atoms with Crippen molar-refractivity contribution < 1.29 is 19.0 Å². The van der Waals surface area contributed by atoms with Crippen LogP contribution in [0.15, 0.2) is 64.6 Å². The molecule has 0 spiro atoms. The summed E-state index contributed by atoms with van der Waals surface area (Å²) in [7, 11) is 1.46. The molecule has 5 rings (SSSR count). The Morgan fingerprint density at radius 2 is 2.00 bits per heavy atom. The van der Waals surface area contributed by atoms with Crippen LogP contribution in [0.1, 0.15) is 17.2 Å². The van der Waals surface area contributed by atoms with Gasteiger partial charge in [0.15, 0.2) is 11.5 Å². The van der Waals surface area contributed by atoms with Crippen LogP contribution >= 0.6 is 35.0 Å². The van der Waals surface area contributed by atoms with Gasteiger partial charge in [-0.2, -0.15) is 5.10 Å². The summed E-state index contributed by atoms with van der Waals surface area (Å²) in [5.41, 5.74) is 2.48. The summed E-state index contributed by atoms with van der Waals surface area (Å²) >= 11 is 13.7. The molecule has 0 bridgehead atoms. The number of phenolic OH excluding ortho intramolecular Hbond substituents is 1. The van der Waals surface area contributed by atoms with Crippen molar-refractivity contribution in [3.8, 4) is 11.5 Å². The van der Waals surface area contributed by atoms with Crippen molar-refractivity contribution in [1.82, 2.24) is 5.01 Å². The lowest BCUT2D eigenvalue weighted by Gasteiger charge is -2.29. The molecule has 10 heteroatoms. The second-order valence-electron chi connectivity index (χ2n) is 7.82. The van der Waals surface area contributed by atoms with Crippen LogP contribution in [0.25, 0.3) is 0 Å².